The Morgan fingerprint density at radius 3 is 2.94 bits per heavy atom. The highest BCUT2D eigenvalue weighted by molar-refractivity contribution is 5.95. The maximum Gasteiger partial charge on any atom is 0.339 e. The van der Waals surface area contributed by atoms with Gasteiger partial charge >= 0.3 is 5.97 Å². The summed E-state index contributed by atoms with van der Waals surface area (Å²) in [5.74, 6) is -0.299. The van der Waals surface area contributed by atoms with E-state index < -0.39 is 5.97 Å². The Kier molecular flexibility index (Phi) is 3.52. The number of aromatic carboxylic acids is 1. The topological polar surface area (TPSA) is 56.7 Å². The van der Waals surface area contributed by atoms with Crippen LogP contribution in [-0.2, 0) is 13.0 Å². The SMILES string of the molecule is CCN(C)c1ncc2c(c1C(=O)O)CCN(C)C2. The monoisotopic (exact) mass is 249 g/mol. The molecule has 1 aromatic rings. The van der Waals surface area contributed by atoms with Gasteiger partial charge in [0, 0.05) is 32.9 Å². The first kappa shape index (κ1) is 12.8. The number of carbonyl (C=O) groups is 1. The third-order valence-electron chi connectivity index (χ3n) is 3.49. The second-order valence-electron chi connectivity index (χ2n) is 4.77. The van der Waals surface area contributed by atoms with E-state index in [1.165, 1.54) is 0 Å². The summed E-state index contributed by atoms with van der Waals surface area (Å²) in [5, 5.41) is 9.45. The number of carboxylic acids is 1. The normalized spacial score (nSPS) is 15.3. The van der Waals surface area contributed by atoms with Crippen molar-refractivity contribution in [3.05, 3.63) is 22.9 Å². The smallest absolute Gasteiger partial charge is 0.339 e. The lowest BCUT2D eigenvalue weighted by Crippen LogP contribution is -2.30. The van der Waals surface area contributed by atoms with Crippen molar-refractivity contribution < 1.29 is 9.90 Å². The minimum absolute atomic E-state index is 0.380. The lowest BCUT2D eigenvalue weighted by molar-refractivity contribution is 0.0695. The molecule has 5 heteroatoms. The predicted octanol–water partition coefficient (Wildman–Crippen LogP) is 1.22. The van der Waals surface area contributed by atoms with Crippen LogP contribution in [0, 0.1) is 0 Å². The van der Waals surface area contributed by atoms with Gasteiger partial charge in [-0.25, -0.2) is 9.78 Å². The molecule has 0 amide bonds. The van der Waals surface area contributed by atoms with Crippen molar-refractivity contribution in [2.45, 2.75) is 19.9 Å². The van der Waals surface area contributed by atoms with Gasteiger partial charge in [-0.1, -0.05) is 0 Å². The lowest BCUT2D eigenvalue weighted by atomic mass is 9.96. The Balaban J connectivity index is 2.55. The molecule has 2 heterocycles. The van der Waals surface area contributed by atoms with Gasteiger partial charge in [0.1, 0.15) is 11.4 Å². The van der Waals surface area contributed by atoms with Crippen LogP contribution in [0.5, 0.6) is 0 Å². The molecule has 0 atom stereocenters. The molecule has 0 aliphatic carbocycles. The Morgan fingerprint density at radius 2 is 2.33 bits per heavy atom. The quantitative estimate of drug-likeness (QED) is 0.873. The van der Waals surface area contributed by atoms with Gasteiger partial charge in [-0.05, 0) is 31.5 Å². The zero-order chi connectivity index (χ0) is 13.3. The maximum atomic E-state index is 11.5. The zero-order valence-corrected chi connectivity index (χ0v) is 11.1. The van der Waals surface area contributed by atoms with Crippen molar-refractivity contribution >= 4 is 11.8 Å². The second-order valence-corrected chi connectivity index (χ2v) is 4.77. The van der Waals surface area contributed by atoms with Crippen molar-refractivity contribution in [1.82, 2.24) is 9.88 Å². The van der Waals surface area contributed by atoms with Gasteiger partial charge in [-0.15, -0.1) is 0 Å². The molecular weight excluding hydrogens is 230 g/mol. The Hall–Kier alpha value is -1.62. The Morgan fingerprint density at radius 1 is 1.61 bits per heavy atom. The minimum Gasteiger partial charge on any atom is -0.478 e. The first-order chi connectivity index (χ1) is 8.54. The summed E-state index contributed by atoms with van der Waals surface area (Å²) in [5.41, 5.74) is 2.37. The fourth-order valence-electron chi connectivity index (χ4n) is 2.34. The molecule has 0 fully saturated rings. The second kappa shape index (κ2) is 4.94. The van der Waals surface area contributed by atoms with E-state index in [1.54, 1.807) is 0 Å². The molecule has 2 rings (SSSR count). The highest BCUT2D eigenvalue weighted by atomic mass is 16.4. The van der Waals surface area contributed by atoms with Crippen molar-refractivity contribution in [3.63, 3.8) is 0 Å². The molecule has 18 heavy (non-hydrogen) atoms. The Bertz CT molecular complexity index is 474. The number of anilines is 1. The molecule has 5 nitrogen and oxygen atoms in total. The van der Waals surface area contributed by atoms with Gasteiger partial charge in [0.15, 0.2) is 0 Å². The number of likely N-dealkylation sites (N-methyl/N-ethyl adjacent to an activating group) is 1. The van der Waals surface area contributed by atoms with Crippen LogP contribution in [0.2, 0.25) is 0 Å². The highest BCUT2D eigenvalue weighted by Crippen LogP contribution is 2.27. The molecule has 0 unspecified atom stereocenters. The van der Waals surface area contributed by atoms with Crippen LogP contribution >= 0.6 is 0 Å². The number of rotatable bonds is 3. The molecule has 0 aromatic carbocycles. The summed E-state index contributed by atoms with van der Waals surface area (Å²) in [7, 11) is 3.91. The molecule has 1 N–H and O–H groups in total. The minimum atomic E-state index is -0.876. The number of carboxylic acid groups (broad SMARTS) is 1. The van der Waals surface area contributed by atoms with E-state index in [2.05, 4.69) is 9.88 Å². The molecule has 0 bridgehead atoms. The zero-order valence-electron chi connectivity index (χ0n) is 11.1. The van der Waals surface area contributed by atoms with E-state index in [0.717, 1.165) is 37.2 Å². The van der Waals surface area contributed by atoms with Gasteiger partial charge in [0.25, 0.3) is 0 Å². The van der Waals surface area contributed by atoms with Crippen LogP contribution in [0.25, 0.3) is 0 Å². The fraction of sp³-hybridized carbons (Fsp3) is 0.538. The third-order valence-corrected chi connectivity index (χ3v) is 3.49. The maximum absolute atomic E-state index is 11.5. The average molecular weight is 249 g/mol. The number of aromatic nitrogens is 1. The van der Waals surface area contributed by atoms with Crippen molar-refractivity contribution in [1.29, 1.82) is 0 Å². The van der Waals surface area contributed by atoms with E-state index in [0.29, 0.717) is 11.4 Å². The van der Waals surface area contributed by atoms with Gasteiger partial charge in [0.2, 0.25) is 0 Å². The van der Waals surface area contributed by atoms with Crippen LogP contribution in [0.1, 0.15) is 28.4 Å². The molecular formula is C13H19N3O2. The molecule has 1 aliphatic rings. The molecule has 0 spiro atoms. The largest absolute Gasteiger partial charge is 0.478 e. The summed E-state index contributed by atoms with van der Waals surface area (Å²) in [6.45, 7) is 4.40. The summed E-state index contributed by atoms with van der Waals surface area (Å²) in [6, 6.07) is 0. The van der Waals surface area contributed by atoms with Crippen LogP contribution in [0.15, 0.2) is 6.20 Å². The average Bonchev–Trinajstić information content (AvgIpc) is 2.35. The van der Waals surface area contributed by atoms with E-state index in [1.807, 2.05) is 32.1 Å². The van der Waals surface area contributed by atoms with E-state index in [4.69, 9.17) is 0 Å². The lowest BCUT2D eigenvalue weighted by Gasteiger charge is -2.28. The number of fused-ring (bicyclic) bond motifs is 1. The van der Waals surface area contributed by atoms with Gasteiger partial charge in [-0.3, -0.25) is 0 Å². The van der Waals surface area contributed by atoms with Gasteiger partial charge in [-0.2, -0.15) is 0 Å². The van der Waals surface area contributed by atoms with Crippen LogP contribution in [0.3, 0.4) is 0 Å². The first-order valence-corrected chi connectivity index (χ1v) is 6.18. The van der Waals surface area contributed by atoms with Gasteiger partial charge < -0.3 is 14.9 Å². The van der Waals surface area contributed by atoms with E-state index in [9.17, 15) is 9.90 Å². The van der Waals surface area contributed by atoms with Crippen LogP contribution in [-0.4, -0.2) is 48.1 Å². The van der Waals surface area contributed by atoms with Crippen molar-refractivity contribution in [2.75, 3.05) is 32.1 Å². The Labute approximate surface area is 107 Å². The van der Waals surface area contributed by atoms with Crippen LogP contribution < -0.4 is 4.90 Å². The number of hydrogen-bond donors (Lipinski definition) is 1. The van der Waals surface area contributed by atoms with Gasteiger partial charge in [0.05, 0.1) is 0 Å². The molecule has 1 aliphatic heterocycles. The predicted molar refractivity (Wildman–Crippen MR) is 70.2 cm³/mol. The number of pyridine rings is 1. The highest BCUT2D eigenvalue weighted by Gasteiger charge is 2.25. The summed E-state index contributed by atoms with van der Waals surface area (Å²) >= 11 is 0. The summed E-state index contributed by atoms with van der Waals surface area (Å²) in [6.07, 6.45) is 2.60. The van der Waals surface area contributed by atoms with Crippen LogP contribution in [0.4, 0.5) is 5.82 Å². The summed E-state index contributed by atoms with van der Waals surface area (Å²) < 4.78 is 0. The first-order valence-electron chi connectivity index (χ1n) is 6.18. The van der Waals surface area contributed by atoms with E-state index in [-0.39, 0.29) is 0 Å². The third kappa shape index (κ3) is 2.18. The molecule has 0 saturated carbocycles. The standard InChI is InChI=1S/C13H19N3O2/c1-4-16(3)12-11(13(17)18)10-5-6-15(2)8-9(10)7-14-12/h7H,4-6,8H2,1-3H3,(H,17,18). The summed E-state index contributed by atoms with van der Waals surface area (Å²) in [4.78, 5) is 19.9. The number of nitrogens with zero attached hydrogens (tertiary/aromatic N) is 3. The van der Waals surface area contributed by atoms with Crippen molar-refractivity contribution in [2.24, 2.45) is 0 Å². The molecule has 98 valence electrons. The fourth-order valence-corrected chi connectivity index (χ4v) is 2.34. The molecule has 1 aromatic heterocycles. The van der Waals surface area contributed by atoms with E-state index >= 15 is 0 Å². The molecule has 0 saturated heterocycles. The number of hydrogen-bond acceptors (Lipinski definition) is 4. The molecule has 0 radical (unpaired) electrons. The van der Waals surface area contributed by atoms with Crippen molar-refractivity contribution in [3.8, 4) is 0 Å².